The molecule has 1 heterocycles. The van der Waals surface area contributed by atoms with Crippen LogP contribution in [0.4, 0.5) is 5.69 Å². The van der Waals surface area contributed by atoms with Crippen molar-refractivity contribution in [1.29, 1.82) is 0 Å². The summed E-state index contributed by atoms with van der Waals surface area (Å²) in [4.78, 5) is 0. The zero-order valence-electron chi connectivity index (χ0n) is 8.38. The summed E-state index contributed by atoms with van der Waals surface area (Å²) in [5.41, 5.74) is 8.07. The van der Waals surface area contributed by atoms with Gasteiger partial charge in [0.2, 0.25) is 0 Å². The van der Waals surface area contributed by atoms with Crippen molar-refractivity contribution < 1.29 is 5.11 Å². The van der Waals surface area contributed by atoms with Crippen molar-refractivity contribution >= 4 is 5.69 Å². The van der Waals surface area contributed by atoms with Gasteiger partial charge in [-0.1, -0.05) is 6.92 Å². The van der Waals surface area contributed by atoms with Gasteiger partial charge in [-0.2, -0.15) is 0 Å². The Balaban J connectivity index is 2.31. The molecule has 1 aliphatic heterocycles. The number of hydrogen-bond donors (Lipinski definition) is 3. The van der Waals surface area contributed by atoms with E-state index in [1.807, 2.05) is 6.07 Å². The number of aromatic hydroxyl groups is 1. The first-order chi connectivity index (χ1) is 6.63. The van der Waals surface area contributed by atoms with Crippen LogP contribution in [0.3, 0.4) is 0 Å². The van der Waals surface area contributed by atoms with Crippen LogP contribution in [0.15, 0.2) is 18.2 Å². The smallest absolute Gasteiger partial charge is 0.116 e. The lowest BCUT2D eigenvalue weighted by Crippen LogP contribution is -2.49. The fourth-order valence-electron chi connectivity index (χ4n) is 1.86. The third-order valence-electron chi connectivity index (χ3n) is 2.94. The lowest BCUT2D eigenvalue weighted by atomic mass is 9.92. The highest BCUT2D eigenvalue weighted by Gasteiger charge is 2.27. The number of nitrogens with one attached hydrogen (secondary N) is 1. The number of rotatable bonds is 1. The average molecular weight is 192 g/mol. The Morgan fingerprint density at radius 2 is 2.36 bits per heavy atom. The second kappa shape index (κ2) is 3.17. The molecule has 1 unspecified atom stereocenters. The van der Waals surface area contributed by atoms with Gasteiger partial charge in [-0.25, -0.2) is 0 Å². The minimum absolute atomic E-state index is 0.274. The van der Waals surface area contributed by atoms with Gasteiger partial charge >= 0.3 is 0 Å². The molecule has 3 nitrogen and oxygen atoms in total. The monoisotopic (exact) mass is 192 g/mol. The van der Waals surface area contributed by atoms with E-state index >= 15 is 0 Å². The predicted molar refractivity (Wildman–Crippen MR) is 57.3 cm³/mol. The van der Waals surface area contributed by atoms with Crippen LogP contribution in [-0.2, 0) is 6.42 Å². The first-order valence-corrected chi connectivity index (χ1v) is 5.02. The van der Waals surface area contributed by atoms with Gasteiger partial charge in [0.25, 0.3) is 0 Å². The van der Waals surface area contributed by atoms with E-state index in [2.05, 4.69) is 12.2 Å². The molecule has 0 amide bonds. The lowest BCUT2D eigenvalue weighted by Gasteiger charge is -2.36. The molecule has 3 heteroatoms. The Morgan fingerprint density at radius 3 is 3.07 bits per heavy atom. The van der Waals surface area contributed by atoms with E-state index in [4.69, 9.17) is 5.73 Å². The van der Waals surface area contributed by atoms with Crippen LogP contribution in [0.25, 0.3) is 0 Å². The van der Waals surface area contributed by atoms with Gasteiger partial charge in [-0.15, -0.1) is 0 Å². The van der Waals surface area contributed by atoms with Crippen LogP contribution >= 0.6 is 0 Å². The van der Waals surface area contributed by atoms with E-state index in [1.54, 1.807) is 12.1 Å². The van der Waals surface area contributed by atoms with Gasteiger partial charge in [0, 0.05) is 5.69 Å². The van der Waals surface area contributed by atoms with Gasteiger partial charge in [-0.05, 0) is 43.0 Å². The molecule has 0 saturated carbocycles. The SMILES string of the molecule is CCC1(N)CCc2cc(O)ccc2N1. The number of fused-ring (bicyclic) bond motifs is 1. The van der Waals surface area contributed by atoms with Crippen molar-refractivity contribution in [3.8, 4) is 5.75 Å². The number of benzene rings is 1. The molecule has 1 aromatic carbocycles. The van der Waals surface area contributed by atoms with Crippen LogP contribution in [0.1, 0.15) is 25.3 Å². The normalized spacial score (nSPS) is 25.3. The van der Waals surface area contributed by atoms with Crippen LogP contribution in [-0.4, -0.2) is 10.8 Å². The number of phenolic OH excluding ortho intramolecular Hbond substituents is 1. The molecule has 14 heavy (non-hydrogen) atoms. The van der Waals surface area contributed by atoms with Crippen LogP contribution in [0.5, 0.6) is 5.75 Å². The third kappa shape index (κ3) is 1.55. The number of nitrogens with two attached hydrogens (primary N) is 1. The summed E-state index contributed by atoms with van der Waals surface area (Å²) in [6.45, 7) is 2.08. The highest BCUT2D eigenvalue weighted by molar-refractivity contribution is 5.57. The number of anilines is 1. The maximum absolute atomic E-state index is 9.32. The molecule has 1 atom stereocenters. The van der Waals surface area contributed by atoms with E-state index in [0.29, 0.717) is 5.75 Å². The molecule has 4 N–H and O–H groups in total. The lowest BCUT2D eigenvalue weighted by molar-refractivity contribution is 0.418. The first-order valence-electron chi connectivity index (χ1n) is 5.02. The largest absolute Gasteiger partial charge is 0.508 e. The summed E-state index contributed by atoms with van der Waals surface area (Å²) >= 11 is 0. The van der Waals surface area contributed by atoms with Gasteiger partial charge in [-0.3, -0.25) is 0 Å². The minimum atomic E-state index is -0.274. The molecule has 0 spiro atoms. The Kier molecular flexibility index (Phi) is 2.11. The van der Waals surface area contributed by atoms with Crippen LogP contribution in [0.2, 0.25) is 0 Å². The van der Waals surface area contributed by atoms with Crippen molar-refractivity contribution in [1.82, 2.24) is 0 Å². The second-order valence-corrected chi connectivity index (χ2v) is 3.98. The molecule has 1 aromatic rings. The summed E-state index contributed by atoms with van der Waals surface area (Å²) in [5, 5.41) is 12.6. The average Bonchev–Trinajstić information content (AvgIpc) is 2.19. The topological polar surface area (TPSA) is 58.3 Å². The predicted octanol–water partition coefficient (Wildman–Crippen LogP) is 1.82. The van der Waals surface area contributed by atoms with Gasteiger partial charge in [0.05, 0.1) is 5.66 Å². The van der Waals surface area contributed by atoms with Crippen molar-refractivity contribution in [3.63, 3.8) is 0 Å². The zero-order chi connectivity index (χ0) is 10.2. The van der Waals surface area contributed by atoms with Crippen LogP contribution in [0, 0.1) is 0 Å². The highest BCUT2D eigenvalue weighted by atomic mass is 16.3. The summed E-state index contributed by atoms with van der Waals surface area (Å²) < 4.78 is 0. The van der Waals surface area contributed by atoms with Gasteiger partial charge in [0.15, 0.2) is 0 Å². The Morgan fingerprint density at radius 1 is 1.57 bits per heavy atom. The summed E-state index contributed by atoms with van der Waals surface area (Å²) in [6.07, 6.45) is 2.76. The van der Waals surface area contributed by atoms with E-state index in [1.165, 1.54) is 0 Å². The Labute approximate surface area is 83.9 Å². The summed E-state index contributed by atoms with van der Waals surface area (Å²) in [6, 6.07) is 5.38. The zero-order valence-corrected chi connectivity index (χ0v) is 8.38. The molecule has 0 aromatic heterocycles. The molecular formula is C11H16N2O. The quantitative estimate of drug-likeness (QED) is 0.595. The molecule has 0 bridgehead atoms. The summed E-state index contributed by atoms with van der Waals surface area (Å²) in [7, 11) is 0. The standard InChI is InChI=1S/C11H16N2O/c1-2-11(12)6-5-8-7-9(14)3-4-10(8)13-11/h3-4,7,13-14H,2,5-6,12H2,1H3. The molecule has 1 aliphatic rings. The maximum Gasteiger partial charge on any atom is 0.116 e. The minimum Gasteiger partial charge on any atom is -0.508 e. The van der Waals surface area contributed by atoms with E-state index in [-0.39, 0.29) is 5.66 Å². The molecule has 76 valence electrons. The fraction of sp³-hybridized carbons (Fsp3) is 0.455. The van der Waals surface area contributed by atoms with E-state index in [0.717, 1.165) is 30.5 Å². The molecule has 2 rings (SSSR count). The molecule has 0 aliphatic carbocycles. The molecule has 0 saturated heterocycles. The number of aryl methyl sites for hydroxylation is 1. The van der Waals surface area contributed by atoms with Crippen molar-refractivity contribution in [2.75, 3.05) is 5.32 Å². The second-order valence-electron chi connectivity index (χ2n) is 3.98. The third-order valence-corrected chi connectivity index (χ3v) is 2.94. The van der Waals surface area contributed by atoms with Crippen molar-refractivity contribution in [2.45, 2.75) is 31.8 Å². The molecular weight excluding hydrogens is 176 g/mol. The summed E-state index contributed by atoms with van der Waals surface area (Å²) in [5.74, 6) is 0.326. The Bertz CT molecular complexity index is 351. The fourth-order valence-corrected chi connectivity index (χ4v) is 1.86. The highest BCUT2D eigenvalue weighted by Crippen LogP contribution is 2.31. The maximum atomic E-state index is 9.32. The number of phenols is 1. The first kappa shape index (κ1) is 9.34. The van der Waals surface area contributed by atoms with Crippen LogP contribution < -0.4 is 11.1 Å². The van der Waals surface area contributed by atoms with E-state index in [9.17, 15) is 5.11 Å². The van der Waals surface area contributed by atoms with Gasteiger partial charge in [0.1, 0.15) is 5.75 Å². The Hall–Kier alpha value is -1.22. The van der Waals surface area contributed by atoms with Gasteiger partial charge < -0.3 is 16.2 Å². The van der Waals surface area contributed by atoms with E-state index < -0.39 is 0 Å². The molecule has 0 fully saturated rings. The molecule has 0 radical (unpaired) electrons. The number of hydrogen-bond acceptors (Lipinski definition) is 3. The van der Waals surface area contributed by atoms with Crippen molar-refractivity contribution in [3.05, 3.63) is 23.8 Å². The van der Waals surface area contributed by atoms with Crippen molar-refractivity contribution in [2.24, 2.45) is 5.73 Å².